The minimum atomic E-state index is -3.86. The predicted octanol–water partition coefficient (Wildman–Crippen LogP) is 2.69. The lowest BCUT2D eigenvalue weighted by atomic mass is 9.79. The molecule has 0 aliphatic carbocycles. The predicted molar refractivity (Wildman–Crippen MR) is 111 cm³/mol. The summed E-state index contributed by atoms with van der Waals surface area (Å²) in [5, 5.41) is 0. The van der Waals surface area contributed by atoms with Crippen LogP contribution in [0, 0.1) is 5.41 Å². The maximum absolute atomic E-state index is 13.0. The number of piperidine rings is 1. The second kappa shape index (κ2) is 7.23. The van der Waals surface area contributed by atoms with Gasteiger partial charge in [-0.2, -0.15) is 0 Å². The number of amides is 1. The summed E-state index contributed by atoms with van der Waals surface area (Å²) in [7, 11) is -3.86. The van der Waals surface area contributed by atoms with E-state index in [9.17, 15) is 18.0 Å². The number of halogens is 1. The average Bonchev–Trinajstić information content (AvgIpc) is 2.67. The van der Waals surface area contributed by atoms with Crippen molar-refractivity contribution in [1.29, 1.82) is 0 Å². The molecule has 1 fully saturated rings. The van der Waals surface area contributed by atoms with Crippen LogP contribution >= 0.6 is 12.4 Å². The van der Waals surface area contributed by atoms with Crippen molar-refractivity contribution in [3.8, 4) is 0 Å². The molecule has 2 heterocycles. The van der Waals surface area contributed by atoms with Crippen LogP contribution in [0.5, 0.6) is 0 Å². The molecule has 2 N–H and O–H groups in total. The van der Waals surface area contributed by atoms with Crippen LogP contribution < -0.4 is 5.73 Å². The van der Waals surface area contributed by atoms with E-state index in [0.29, 0.717) is 19.5 Å². The monoisotopic (exact) mass is 434 g/mol. The van der Waals surface area contributed by atoms with Gasteiger partial charge in [-0.3, -0.25) is 9.59 Å². The van der Waals surface area contributed by atoms with Crippen LogP contribution in [0.25, 0.3) is 0 Å². The highest BCUT2D eigenvalue weighted by molar-refractivity contribution is 7.91. The molecule has 0 saturated carbocycles. The van der Waals surface area contributed by atoms with Gasteiger partial charge in [0.05, 0.1) is 9.79 Å². The first-order chi connectivity index (χ1) is 13.1. The molecule has 2 aliphatic rings. The van der Waals surface area contributed by atoms with Gasteiger partial charge in [0.15, 0.2) is 5.78 Å². The van der Waals surface area contributed by atoms with Gasteiger partial charge in [0.1, 0.15) is 0 Å². The zero-order valence-electron chi connectivity index (χ0n) is 16.2. The lowest BCUT2D eigenvalue weighted by molar-refractivity contribution is 0.0532. The number of hydrogen-bond donors (Lipinski definition) is 1. The summed E-state index contributed by atoms with van der Waals surface area (Å²) in [4.78, 5) is 27.3. The first kappa shape index (κ1) is 21.5. The summed E-state index contributed by atoms with van der Waals surface area (Å²) in [5.41, 5.74) is 6.47. The van der Waals surface area contributed by atoms with Gasteiger partial charge in [0.2, 0.25) is 9.84 Å². The number of nitrogens with zero attached hydrogens (tertiary/aromatic N) is 1. The van der Waals surface area contributed by atoms with Gasteiger partial charge >= 0.3 is 0 Å². The van der Waals surface area contributed by atoms with Crippen molar-refractivity contribution in [3.05, 3.63) is 59.2 Å². The van der Waals surface area contributed by atoms with E-state index in [1.54, 1.807) is 17.0 Å². The molecular formula is C21H23ClN2O4S. The largest absolute Gasteiger partial charge is 0.338 e. The molecule has 0 spiro atoms. The van der Waals surface area contributed by atoms with Crippen LogP contribution in [0.15, 0.2) is 52.3 Å². The fourth-order valence-electron chi connectivity index (χ4n) is 3.95. The Labute approximate surface area is 176 Å². The third-order valence-electron chi connectivity index (χ3n) is 5.78. The molecule has 2 aromatic carbocycles. The van der Waals surface area contributed by atoms with Crippen molar-refractivity contribution in [1.82, 2.24) is 4.90 Å². The van der Waals surface area contributed by atoms with Gasteiger partial charge in [-0.25, -0.2) is 8.42 Å². The van der Waals surface area contributed by atoms with Crippen molar-refractivity contribution in [2.75, 3.05) is 13.1 Å². The number of sulfone groups is 1. The number of likely N-dealkylation sites (tertiary alicyclic amines) is 1. The average molecular weight is 435 g/mol. The van der Waals surface area contributed by atoms with Crippen molar-refractivity contribution in [2.45, 2.75) is 36.1 Å². The topological polar surface area (TPSA) is 97.5 Å². The molecule has 6 nitrogen and oxygen atoms in total. The van der Waals surface area contributed by atoms with Crippen molar-refractivity contribution < 1.29 is 18.0 Å². The quantitative estimate of drug-likeness (QED) is 0.635. The van der Waals surface area contributed by atoms with E-state index in [1.165, 1.54) is 30.3 Å². The first-order valence-electron chi connectivity index (χ1n) is 9.21. The zero-order valence-corrected chi connectivity index (χ0v) is 17.8. The Balaban J connectivity index is 0.00000240. The number of ketones is 1. The Morgan fingerprint density at radius 3 is 2.45 bits per heavy atom. The standard InChI is InChI=1S/C21H22N2O4S.ClH/c1-21(2)12-23(10-9-18(21)22)20(25)13-7-8-15-17(11-13)28(26,27)16-6-4-3-5-14(16)19(15)24;/h3-8,11,18H,9-10,12,22H2,1-2H3;1H. The van der Waals surface area contributed by atoms with Crippen LogP contribution in [0.1, 0.15) is 46.5 Å². The first-order valence-corrected chi connectivity index (χ1v) is 10.7. The second-order valence-corrected chi connectivity index (χ2v) is 10.0. The number of fused-ring (bicyclic) bond motifs is 2. The smallest absolute Gasteiger partial charge is 0.253 e. The van der Waals surface area contributed by atoms with Crippen LogP contribution in [0.4, 0.5) is 0 Å². The van der Waals surface area contributed by atoms with E-state index in [2.05, 4.69) is 0 Å². The van der Waals surface area contributed by atoms with Gasteiger partial charge in [-0.1, -0.05) is 26.0 Å². The molecule has 8 heteroatoms. The number of hydrogen-bond acceptors (Lipinski definition) is 5. The van der Waals surface area contributed by atoms with Crippen LogP contribution in [-0.4, -0.2) is 44.1 Å². The summed E-state index contributed by atoms with van der Waals surface area (Å²) in [6, 6.07) is 10.5. The minimum absolute atomic E-state index is 0. The summed E-state index contributed by atoms with van der Waals surface area (Å²) >= 11 is 0. The maximum atomic E-state index is 13.0. The lowest BCUT2D eigenvalue weighted by Crippen LogP contribution is -2.54. The lowest BCUT2D eigenvalue weighted by Gasteiger charge is -2.42. The van der Waals surface area contributed by atoms with E-state index in [4.69, 9.17) is 5.73 Å². The fraction of sp³-hybridized carbons (Fsp3) is 0.333. The molecule has 2 aliphatic heterocycles. The third-order valence-corrected chi connectivity index (χ3v) is 7.64. The summed E-state index contributed by atoms with van der Waals surface area (Å²) in [6.07, 6.45) is 0.688. The van der Waals surface area contributed by atoms with Crippen LogP contribution in [0.2, 0.25) is 0 Å². The Bertz CT molecular complexity index is 1110. The van der Waals surface area contributed by atoms with Gasteiger partial charge in [0.25, 0.3) is 5.91 Å². The molecule has 1 amide bonds. The molecule has 1 saturated heterocycles. The highest BCUT2D eigenvalue weighted by Gasteiger charge is 2.38. The normalized spacial score (nSPS) is 21.6. The van der Waals surface area contributed by atoms with E-state index in [0.717, 1.165) is 0 Å². The summed E-state index contributed by atoms with van der Waals surface area (Å²) < 4.78 is 26.1. The van der Waals surface area contributed by atoms with Gasteiger partial charge in [0, 0.05) is 35.8 Å². The number of nitrogens with two attached hydrogens (primary N) is 1. The molecule has 0 aromatic heterocycles. The van der Waals surface area contributed by atoms with Crippen molar-refractivity contribution >= 4 is 33.9 Å². The minimum Gasteiger partial charge on any atom is -0.338 e. The van der Waals surface area contributed by atoms with Crippen molar-refractivity contribution in [3.63, 3.8) is 0 Å². The molecule has 0 bridgehead atoms. The maximum Gasteiger partial charge on any atom is 0.253 e. The van der Waals surface area contributed by atoms with E-state index in [1.807, 2.05) is 13.8 Å². The van der Waals surface area contributed by atoms with Crippen LogP contribution in [0.3, 0.4) is 0 Å². The highest BCUT2D eigenvalue weighted by Crippen LogP contribution is 2.35. The van der Waals surface area contributed by atoms with E-state index < -0.39 is 9.84 Å². The van der Waals surface area contributed by atoms with Crippen molar-refractivity contribution in [2.24, 2.45) is 11.1 Å². The molecule has 154 valence electrons. The van der Waals surface area contributed by atoms with Crippen LogP contribution in [-0.2, 0) is 9.84 Å². The highest BCUT2D eigenvalue weighted by atomic mass is 35.5. The van der Waals surface area contributed by atoms with E-state index >= 15 is 0 Å². The fourth-order valence-corrected chi connectivity index (χ4v) is 5.62. The molecular weight excluding hydrogens is 412 g/mol. The van der Waals surface area contributed by atoms with E-state index in [-0.39, 0.29) is 62.0 Å². The molecule has 2 aromatic rings. The third kappa shape index (κ3) is 3.37. The Hall–Kier alpha value is -2.22. The number of carbonyl (C=O) groups excluding carboxylic acids is 2. The number of benzene rings is 2. The summed E-state index contributed by atoms with van der Waals surface area (Å²) in [6.45, 7) is 5.06. The SMILES string of the molecule is CC1(C)CN(C(=O)c2ccc3c(c2)S(=O)(=O)c2ccccc2C3=O)CCC1N.Cl. The molecule has 29 heavy (non-hydrogen) atoms. The Kier molecular flexibility index (Phi) is 5.36. The summed E-state index contributed by atoms with van der Waals surface area (Å²) in [5.74, 6) is -0.589. The molecule has 4 rings (SSSR count). The van der Waals surface area contributed by atoms with Gasteiger partial charge in [-0.05, 0) is 42.2 Å². The number of rotatable bonds is 1. The van der Waals surface area contributed by atoms with Gasteiger partial charge in [-0.15, -0.1) is 12.4 Å². The molecule has 1 atom stereocenters. The molecule has 1 unspecified atom stereocenters. The zero-order chi connectivity index (χ0) is 20.3. The Morgan fingerprint density at radius 2 is 1.76 bits per heavy atom. The van der Waals surface area contributed by atoms with Gasteiger partial charge < -0.3 is 10.6 Å². The second-order valence-electron chi connectivity index (χ2n) is 8.15. The molecule has 0 radical (unpaired) electrons. The number of carbonyl (C=O) groups is 2. The Morgan fingerprint density at radius 1 is 1.10 bits per heavy atom.